The Labute approximate surface area is 183 Å². The number of carbonyl (C=O) groups is 1. The summed E-state index contributed by atoms with van der Waals surface area (Å²) < 4.78 is 40.0. The second-order valence-electron chi connectivity index (χ2n) is 6.54. The van der Waals surface area contributed by atoms with Crippen LogP contribution in [0.2, 0.25) is 0 Å². The highest BCUT2D eigenvalue weighted by Crippen LogP contribution is 2.40. The number of hydrazine groups is 1. The van der Waals surface area contributed by atoms with Gasteiger partial charge in [-0.2, -0.15) is 18.4 Å². The van der Waals surface area contributed by atoms with Crippen LogP contribution in [0.3, 0.4) is 0 Å². The summed E-state index contributed by atoms with van der Waals surface area (Å²) in [5, 5.41) is 18.9. The molecule has 0 amide bonds. The van der Waals surface area contributed by atoms with E-state index in [9.17, 15) is 23.1 Å². The topological polar surface area (TPSA) is 115 Å². The highest BCUT2D eigenvalue weighted by atomic mass is 79.9. The summed E-state index contributed by atoms with van der Waals surface area (Å²) >= 11 is 3.33. The van der Waals surface area contributed by atoms with E-state index < -0.39 is 23.8 Å². The molecular formula is C20H15BrF3N5O2. The van der Waals surface area contributed by atoms with Crippen LogP contribution >= 0.6 is 15.9 Å². The first-order valence-corrected chi connectivity index (χ1v) is 9.53. The first kappa shape index (κ1) is 22.3. The molecule has 4 N–H and O–H groups in total. The number of rotatable bonds is 3. The summed E-state index contributed by atoms with van der Waals surface area (Å²) in [7, 11) is 0. The van der Waals surface area contributed by atoms with Crippen LogP contribution in [0.25, 0.3) is 0 Å². The van der Waals surface area contributed by atoms with E-state index in [1.54, 1.807) is 6.07 Å². The van der Waals surface area contributed by atoms with Crippen molar-refractivity contribution < 1.29 is 23.1 Å². The van der Waals surface area contributed by atoms with Gasteiger partial charge in [-0.15, -0.1) is 0 Å². The second-order valence-corrected chi connectivity index (χ2v) is 7.39. The number of carboxylic acids is 1. The van der Waals surface area contributed by atoms with Crippen molar-refractivity contribution in [1.82, 2.24) is 5.43 Å². The number of alkyl halides is 3. The number of hydrogen-bond acceptors (Lipinski definition) is 6. The molecule has 31 heavy (non-hydrogen) atoms. The Morgan fingerprint density at radius 1 is 1.32 bits per heavy atom. The molecule has 1 unspecified atom stereocenters. The molecule has 11 heteroatoms. The number of hydrogen-bond donors (Lipinski definition) is 3. The first-order chi connectivity index (χ1) is 14.6. The Kier molecular flexibility index (Phi) is 6.06. The van der Waals surface area contributed by atoms with Gasteiger partial charge < -0.3 is 5.11 Å². The maximum Gasteiger partial charge on any atom is 0.416 e. The van der Waals surface area contributed by atoms with Crippen molar-refractivity contribution in [3.05, 3.63) is 74.9 Å². The smallest absolute Gasteiger partial charge is 0.416 e. The second kappa shape index (κ2) is 8.41. The Morgan fingerprint density at radius 2 is 2.03 bits per heavy atom. The fourth-order valence-electron chi connectivity index (χ4n) is 3.28. The highest BCUT2D eigenvalue weighted by Gasteiger charge is 2.36. The van der Waals surface area contributed by atoms with Crippen LogP contribution in [0.5, 0.6) is 0 Å². The van der Waals surface area contributed by atoms with Crippen LogP contribution in [-0.4, -0.2) is 17.0 Å². The van der Waals surface area contributed by atoms with Gasteiger partial charge in [0.15, 0.2) is 0 Å². The molecule has 160 valence electrons. The lowest BCUT2D eigenvalue weighted by Crippen LogP contribution is -2.47. The minimum absolute atomic E-state index is 0.0388. The summed E-state index contributed by atoms with van der Waals surface area (Å²) in [6.45, 7) is 1.46. The average molecular weight is 494 g/mol. The van der Waals surface area contributed by atoms with E-state index in [1.807, 2.05) is 6.07 Å². The van der Waals surface area contributed by atoms with Crippen LogP contribution < -0.4 is 16.2 Å². The standard InChI is InChI=1S/C20H15BrF3N5O2/c1-10-16(18(30)31)17(14-6-5-11(9-25)7-15(14)21)27-19(28-26)29(10)13-4-2-3-12(8-13)20(22,23)24/h2-8,17H,26H2,1H3,(H,27,28)(H,30,31). The lowest BCUT2D eigenvalue weighted by Gasteiger charge is -2.34. The van der Waals surface area contributed by atoms with E-state index >= 15 is 0 Å². The van der Waals surface area contributed by atoms with Gasteiger partial charge in [0.1, 0.15) is 6.04 Å². The number of aliphatic imine (C=N–C) groups is 1. The molecule has 2 aromatic carbocycles. The van der Waals surface area contributed by atoms with Crippen molar-refractivity contribution in [3.63, 3.8) is 0 Å². The third-order valence-electron chi connectivity index (χ3n) is 4.68. The summed E-state index contributed by atoms with van der Waals surface area (Å²) in [6.07, 6.45) is -4.58. The fraction of sp³-hybridized carbons (Fsp3) is 0.150. The first-order valence-electron chi connectivity index (χ1n) is 8.74. The zero-order valence-corrected chi connectivity index (χ0v) is 17.5. The van der Waals surface area contributed by atoms with Gasteiger partial charge in [0.2, 0.25) is 5.96 Å². The maximum atomic E-state index is 13.2. The molecule has 1 atom stereocenters. The highest BCUT2D eigenvalue weighted by molar-refractivity contribution is 9.10. The van der Waals surface area contributed by atoms with Crippen molar-refractivity contribution in [3.8, 4) is 6.07 Å². The van der Waals surface area contributed by atoms with Gasteiger partial charge in [-0.05, 0) is 42.8 Å². The molecule has 0 aliphatic carbocycles. The molecule has 0 saturated carbocycles. The Bertz CT molecular complexity index is 1150. The number of benzene rings is 2. The number of guanidine groups is 1. The number of anilines is 1. The summed E-state index contributed by atoms with van der Waals surface area (Å²) in [6, 6.07) is 9.95. The van der Waals surface area contributed by atoms with E-state index in [0.717, 1.165) is 12.1 Å². The van der Waals surface area contributed by atoms with Gasteiger partial charge in [-0.25, -0.2) is 15.6 Å². The van der Waals surface area contributed by atoms with Crippen molar-refractivity contribution >= 4 is 33.5 Å². The Morgan fingerprint density at radius 3 is 2.58 bits per heavy atom. The zero-order chi connectivity index (χ0) is 22.9. The molecule has 0 saturated heterocycles. The van der Waals surface area contributed by atoms with Crippen molar-refractivity contribution in [2.75, 3.05) is 4.90 Å². The molecule has 1 aliphatic heterocycles. The van der Waals surface area contributed by atoms with E-state index in [-0.39, 0.29) is 22.9 Å². The number of nitriles is 1. The third kappa shape index (κ3) is 4.26. The lowest BCUT2D eigenvalue weighted by molar-refractivity contribution is -0.137. The lowest BCUT2D eigenvalue weighted by atomic mass is 9.95. The zero-order valence-electron chi connectivity index (χ0n) is 15.9. The molecule has 1 heterocycles. The van der Waals surface area contributed by atoms with Gasteiger partial charge in [-0.1, -0.05) is 28.1 Å². The normalized spacial score (nSPS) is 16.6. The van der Waals surface area contributed by atoms with Crippen LogP contribution in [0.1, 0.15) is 29.7 Å². The summed E-state index contributed by atoms with van der Waals surface area (Å²) in [5.41, 5.74) is 2.28. The van der Waals surface area contributed by atoms with E-state index in [4.69, 9.17) is 11.1 Å². The molecular weight excluding hydrogens is 479 g/mol. The molecule has 1 aliphatic rings. The molecule has 0 bridgehead atoms. The molecule has 0 aromatic heterocycles. The van der Waals surface area contributed by atoms with Crippen LogP contribution in [0.4, 0.5) is 18.9 Å². The predicted octanol–water partition coefficient (Wildman–Crippen LogP) is 4.08. The molecule has 0 fully saturated rings. The number of nitrogens with zero attached hydrogens (tertiary/aromatic N) is 3. The van der Waals surface area contributed by atoms with Crippen LogP contribution in [0, 0.1) is 11.3 Å². The van der Waals surface area contributed by atoms with Crippen molar-refractivity contribution in [1.29, 1.82) is 5.26 Å². The van der Waals surface area contributed by atoms with Gasteiger partial charge in [0, 0.05) is 15.9 Å². The Balaban J connectivity index is 2.19. The van der Waals surface area contributed by atoms with Crippen LogP contribution in [-0.2, 0) is 11.0 Å². The number of nitrogens with two attached hydrogens (primary N) is 1. The van der Waals surface area contributed by atoms with E-state index in [2.05, 4.69) is 26.3 Å². The largest absolute Gasteiger partial charge is 0.478 e. The van der Waals surface area contributed by atoms with Crippen molar-refractivity contribution in [2.45, 2.75) is 19.1 Å². The van der Waals surface area contributed by atoms with E-state index in [0.29, 0.717) is 15.6 Å². The number of aliphatic carboxylic acids is 1. The quantitative estimate of drug-likeness (QED) is 0.438. The molecule has 0 radical (unpaired) electrons. The minimum atomic E-state index is -4.58. The molecule has 7 nitrogen and oxygen atoms in total. The van der Waals surface area contributed by atoms with Crippen LogP contribution in [0.15, 0.2) is 63.2 Å². The fourth-order valence-corrected chi connectivity index (χ4v) is 3.87. The monoisotopic (exact) mass is 493 g/mol. The molecule has 3 rings (SSSR count). The summed E-state index contributed by atoms with van der Waals surface area (Å²) in [5.74, 6) is 4.26. The Hall–Kier alpha value is -3.36. The minimum Gasteiger partial charge on any atom is -0.478 e. The van der Waals surface area contributed by atoms with Crippen molar-refractivity contribution in [2.24, 2.45) is 10.8 Å². The van der Waals surface area contributed by atoms with Gasteiger partial charge in [-0.3, -0.25) is 10.3 Å². The van der Waals surface area contributed by atoms with Gasteiger partial charge in [0.25, 0.3) is 0 Å². The molecule has 0 spiro atoms. The third-order valence-corrected chi connectivity index (χ3v) is 5.36. The van der Waals surface area contributed by atoms with Gasteiger partial charge in [0.05, 0.1) is 22.8 Å². The summed E-state index contributed by atoms with van der Waals surface area (Å²) in [4.78, 5) is 17.7. The SMILES string of the molecule is CC1=C(C(=O)O)C(c2ccc(C#N)cc2Br)N=C(NN)N1c1cccc(C(F)(F)F)c1. The number of allylic oxidation sites excluding steroid dienone is 1. The predicted molar refractivity (Wildman–Crippen MR) is 111 cm³/mol. The van der Waals surface area contributed by atoms with E-state index in [1.165, 1.54) is 36.1 Å². The maximum absolute atomic E-state index is 13.2. The molecule has 2 aromatic rings. The average Bonchev–Trinajstić information content (AvgIpc) is 2.72. The van der Waals surface area contributed by atoms with Gasteiger partial charge >= 0.3 is 12.1 Å². The number of halogens is 4. The number of carboxylic acid groups (broad SMARTS) is 1. The number of nitrogens with one attached hydrogen (secondary N) is 1.